The predicted molar refractivity (Wildman–Crippen MR) is 91.1 cm³/mol. The molecule has 1 heterocycles. The minimum absolute atomic E-state index is 0.0104. The van der Waals surface area contributed by atoms with Crippen LogP contribution in [0.3, 0.4) is 0 Å². The van der Waals surface area contributed by atoms with E-state index in [1.165, 1.54) is 0 Å². The molecule has 1 aliphatic heterocycles. The van der Waals surface area contributed by atoms with E-state index in [-0.39, 0.29) is 10.7 Å². The Labute approximate surface area is 139 Å². The van der Waals surface area contributed by atoms with Gasteiger partial charge in [-0.05, 0) is 18.6 Å². The molecule has 4 nitrogen and oxygen atoms in total. The van der Waals surface area contributed by atoms with Crippen molar-refractivity contribution in [2.75, 3.05) is 32.3 Å². The van der Waals surface area contributed by atoms with Crippen molar-refractivity contribution in [2.24, 2.45) is 0 Å². The maximum Gasteiger partial charge on any atom is 0.124 e. The van der Waals surface area contributed by atoms with Gasteiger partial charge in [-0.15, -0.1) is 23.5 Å². The molecular formula is C16H22O4S2. The number of rotatable bonds is 4. The van der Waals surface area contributed by atoms with Crippen LogP contribution in [0.25, 0.3) is 0 Å². The molecule has 1 fully saturated rings. The zero-order valence-electron chi connectivity index (χ0n) is 12.9. The van der Waals surface area contributed by atoms with Crippen molar-refractivity contribution in [3.05, 3.63) is 23.3 Å². The summed E-state index contributed by atoms with van der Waals surface area (Å²) in [5, 5.41) is 20.4. The third-order valence-corrected chi connectivity index (χ3v) is 7.86. The van der Waals surface area contributed by atoms with E-state index >= 15 is 0 Å². The Bertz CT molecular complexity index is 557. The van der Waals surface area contributed by atoms with Gasteiger partial charge >= 0.3 is 0 Å². The van der Waals surface area contributed by atoms with Gasteiger partial charge in [0, 0.05) is 42.1 Å². The second-order valence-corrected chi connectivity index (χ2v) is 8.87. The molecule has 0 aromatic heterocycles. The molecular weight excluding hydrogens is 320 g/mol. The molecule has 2 aliphatic rings. The largest absolute Gasteiger partial charge is 0.496 e. The Kier molecular flexibility index (Phi) is 4.56. The number of aliphatic hydroxyl groups excluding tert-OH is 1. The van der Waals surface area contributed by atoms with E-state index in [9.17, 15) is 10.2 Å². The molecule has 0 amide bonds. The molecule has 2 N–H and O–H groups in total. The van der Waals surface area contributed by atoms with Crippen molar-refractivity contribution in [1.82, 2.24) is 0 Å². The molecule has 1 aromatic carbocycles. The number of thioether (sulfide) groups is 2. The van der Waals surface area contributed by atoms with E-state index < -0.39 is 5.60 Å². The zero-order chi connectivity index (χ0) is 15.8. The van der Waals surface area contributed by atoms with E-state index in [1.807, 2.05) is 35.7 Å². The molecule has 0 saturated carbocycles. The highest BCUT2D eigenvalue weighted by molar-refractivity contribution is 8.20. The first-order valence-corrected chi connectivity index (χ1v) is 9.40. The van der Waals surface area contributed by atoms with Crippen LogP contribution in [0.5, 0.6) is 11.5 Å². The third-order valence-electron chi connectivity index (χ3n) is 4.45. The van der Waals surface area contributed by atoms with Crippen LogP contribution in [-0.4, -0.2) is 48.1 Å². The van der Waals surface area contributed by atoms with Gasteiger partial charge in [-0.1, -0.05) is 0 Å². The lowest BCUT2D eigenvalue weighted by atomic mass is 9.77. The molecule has 1 atom stereocenters. The van der Waals surface area contributed by atoms with Crippen molar-refractivity contribution in [3.8, 4) is 11.5 Å². The van der Waals surface area contributed by atoms with Crippen LogP contribution < -0.4 is 9.47 Å². The van der Waals surface area contributed by atoms with Crippen LogP contribution in [0.15, 0.2) is 12.1 Å². The van der Waals surface area contributed by atoms with Gasteiger partial charge in [0.25, 0.3) is 0 Å². The van der Waals surface area contributed by atoms with E-state index in [0.29, 0.717) is 19.3 Å². The molecule has 1 saturated heterocycles. The molecule has 0 bridgehead atoms. The van der Waals surface area contributed by atoms with Crippen LogP contribution in [0, 0.1) is 0 Å². The van der Waals surface area contributed by atoms with Gasteiger partial charge in [-0.25, -0.2) is 0 Å². The summed E-state index contributed by atoms with van der Waals surface area (Å²) in [6, 6.07) is 3.86. The fourth-order valence-electron chi connectivity index (χ4n) is 3.56. The van der Waals surface area contributed by atoms with E-state index in [4.69, 9.17) is 9.47 Å². The maximum absolute atomic E-state index is 11.0. The first-order chi connectivity index (χ1) is 10.6. The summed E-state index contributed by atoms with van der Waals surface area (Å²) in [6.07, 6.45) is 1.51. The van der Waals surface area contributed by atoms with Gasteiger partial charge in [0.1, 0.15) is 11.5 Å². The molecule has 1 unspecified atom stereocenters. The smallest absolute Gasteiger partial charge is 0.124 e. The van der Waals surface area contributed by atoms with Crippen LogP contribution in [-0.2, 0) is 10.5 Å². The zero-order valence-corrected chi connectivity index (χ0v) is 14.6. The summed E-state index contributed by atoms with van der Waals surface area (Å²) in [5.74, 6) is 3.77. The highest BCUT2D eigenvalue weighted by Gasteiger charge is 2.51. The summed E-state index contributed by atoms with van der Waals surface area (Å²) in [4.78, 5) is 0. The number of ether oxygens (including phenoxy) is 2. The topological polar surface area (TPSA) is 58.9 Å². The Morgan fingerprint density at radius 1 is 1.14 bits per heavy atom. The summed E-state index contributed by atoms with van der Waals surface area (Å²) < 4.78 is 10.9. The SMILES string of the molecule is COc1ccc(OC)c2c1CC(O)(CCO)CC21SCCS1. The van der Waals surface area contributed by atoms with Crippen molar-refractivity contribution in [3.63, 3.8) is 0 Å². The van der Waals surface area contributed by atoms with Gasteiger partial charge in [0.15, 0.2) is 0 Å². The lowest BCUT2D eigenvalue weighted by Gasteiger charge is -2.44. The lowest BCUT2D eigenvalue weighted by Crippen LogP contribution is -2.43. The number of benzene rings is 1. The van der Waals surface area contributed by atoms with Crippen LogP contribution in [0.2, 0.25) is 0 Å². The number of hydrogen-bond donors (Lipinski definition) is 2. The van der Waals surface area contributed by atoms with Gasteiger partial charge < -0.3 is 19.7 Å². The fourth-order valence-corrected chi connectivity index (χ4v) is 7.20. The highest BCUT2D eigenvalue weighted by atomic mass is 32.2. The van der Waals surface area contributed by atoms with E-state index in [2.05, 4.69) is 0 Å². The van der Waals surface area contributed by atoms with E-state index in [1.54, 1.807) is 14.2 Å². The first kappa shape index (κ1) is 16.3. The van der Waals surface area contributed by atoms with Crippen LogP contribution >= 0.6 is 23.5 Å². The van der Waals surface area contributed by atoms with Crippen molar-refractivity contribution in [2.45, 2.75) is 28.9 Å². The molecule has 6 heteroatoms. The van der Waals surface area contributed by atoms with Gasteiger partial charge in [0.05, 0.1) is 23.9 Å². The predicted octanol–water partition coefficient (Wildman–Crippen LogP) is 2.40. The molecule has 22 heavy (non-hydrogen) atoms. The highest BCUT2D eigenvalue weighted by Crippen LogP contribution is 2.63. The molecule has 1 aliphatic carbocycles. The lowest BCUT2D eigenvalue weighted by molar-refractivity contribution is -0.000691. The van der Waals surface area contributed by atoms with Crippen LogP contribution in [0.4, 0.5) is 0 Å². The summed E-state index contributed by atoms with van der Waals surface area (Å²) >= 11 is 3.74. The summed E-state index contributed by atoms with van der Waals surface area (Å²) in [5.41, 5.74) is 1.28. The summed E-state index contributed by atoms with van der Waals surface area (Å²) in [6.45, 7) is -0.0104. The minimum atomic E-state index is -0.897. The number of hydrogen-bond acceptors (Lipinski definition) is 6. The Morgan fingerprint density at radius 3 is 2.36 bits per heavy atom. The molecule has 1 spiro atoms. The normalized spacial score (nSPS) is 26.0. The maximum atomic E-state index is 11.0. The average Bonchev–Trinajstić information content (AvgIpc) is 2.94. The fraction of sp³-hybridized carbons (Fsp3) is 0.625. The number of aliphatic hydroxyl groups is 2. The molecule has 1 aromatic rings. The Hall–Kier alpha value is -0.560. The molecule has 0 radical (unpaired) electrons. The third kappa shape index (κ3) is 2.60. The summed E-state index contributed by atoms with van der Waals surface area (Å²) in [7, 11) is 3.35. The monoisotopic (exact) mass is 342 g/mol. The number of fused-ring (bicyclic) bond motifs is 2. The van der Waals surface area contributed by atoms with Gasteiger partial charge in [-0.3, -0.25) is 0 Å². The standard InChI is InChI=1S/C16H22O4S2/c1-19-12-3-4-13(20-2)14-11(12)9-15(18,5-6-17)10-16(14)21-7-8-22-16/h3-4,17-18H,5-10H2,1-2H3. The minimum Gasteiger partial charge on any atom is -0.496 e. The van der Waals surface area contributed by atoms with Crippen molar-refractivity contribution in [1.29, 1.82) is 0 Å². The average molecular weight is 342 g/mol. The van der Waals surface area contributed by atoms with Crippen molar-refractivity contribution >= 4 is 23.5 Å². The second-order valence-electron chi connectivity index (χ2n) is 5.82. The second kappa shape index (κ2) is 6.15. The van der Waals surface area contributed by atoms with Crippen LogP contribution in [0.1, 0.15) is 24.0 Å². The van der Waals surface area contributed by atoms with Gasteiger partial charge in [-0.2, -0.15) is 0 Å². The Balaban J connectivity index is 2.18. The quantitative estimate of drug-likeness (QED) is 0.876. The van der Waals surface area contributed by atoms with E-state index in [0.717, 1.165) is 34.1 Å². The van der Waals surface area contributed by atoms with Gasteiger partial charge in [0.2, 0.25) is 0 Å². The molecule has 3 rings (SSSR count). The van der Waals surface area contributed by atoms with Crippen molar-refractivity contribution < 1.29 is 19.7 Å². The number of methoxy groups -OCH3 is 2. The Morgan fingerprint density at radius 2 is 1.77 bits per heavy atom. The first-order valence-electron chi connectivity index (χ1n) is 7.43. The molecule has 122 valence electrons.